The third kappa shape index (κ3) is 2.42. The van der Waals surface area contributed by atoms with E-state index in [1.165, 1.54) is 0 Å². The molecule has 0 amide bonds. The van der Waals surface area contributed by atoms with Gasteiger partial charge >= 0.3 is 0 Å². The second kappa shape index (κ2) is 3.33. The molecule has 1 atom stereocenters. The van der Waals surface area contributed by atoms with E-state index in [1.54, 1.807) is 6.92 Å². The van der Waals surface area contributed by atoms with E-state index in [0.717, 1.165) is 0 Å². The lowest BCUT2D eigenvalue weighted by Crippen LogP contribution is -2.19. The van der Waals surface area contributed by atoms with Crippen molar-refractivity contribution in [2.75, 3.05) is 0 Å². The number of aliphatic hydroxyl groups excluding tert-OH is 1. The summed E-state index contributed by atoms with van der Waals surface area (Å²) >= 11 is 0. The van der Waals surface area contributed by atoms with E-state index < -0.39 is 6.10 Å². The molecule has 0 aliphatic carbocycles. The van der Waals surface area contributed by atoms with Crippen molar-refractivity contribution in [3.8, 4) is 0 Å². The molecule has 1 unspecified atom stereocenters. The van der Waals surface area contributed by atoms with Gasteiger partial charge in [0.05, 0.1) is 0 Å². The van der Waals surface area contributed by atoms with Gasteiger partial charge in [-0.05, 0) is 6.92 Å². The Morgan fingerprint density at radius 2 is 1.54 bits per heavy atom. The Morgan fingerprint density at radius 1 is 1.08 bits per heavy atom. The van der Waals surface area contributed by atoms with Crippen LogP contribution in [-0.2, 0) is 5.41 Å². The molecule has 0 saturated carbocycles. The Balaban J connectivity index is 2.94. The van der Waals surface area contributed by atoms with Crippen LogP contribution in [0.15, 0.2) is 0 Å². The second-order valence-corrected chi connectivity index (χ2v) is 4.01. The maximum Gasteiger partial charge on any atom is 0.201 e. The average molecular weight is 182 g/mol. The molecule has 0 spiro atoms. The number of aromatic nitrogens is 4. The molecule has 0 aromatic carbocycles. The van der Waals surface area contributed by atoms with E-state index in [2.05, 4.69) is 20.4 Å². The molecular weight excluding hydrogens is 168 g/mol. The van der Waals surface area contributed by atoms with Gasteiger partial charge in [-0.25, -0.2) is 0 Å². The second-order valence-electron chi connectivity index (χ2n) is 4.01. The van der Waals surface area contributed by atoms with E-state index in [0.29, 0.717) is 5.82 Å². The summed E-state index contributed by atoms with van der Waals surface area (Å²) in [5.74, 6) is 0.838. The van der Waals surface area contributed by atoms with Crippen LogP contribution in [0.2, 0.25) is 0 Å². The van der Waals surface area contributed by atoms with Gasteiger partial charge in [0.2, 0.25) is 5.82 Å². The van der Waals surface area contributed by atoms with Crippen molar-refractivity contribution in [2.24, 2.45) is 0 Å². The zero-order valence-electron chi connectivity index (χ0n) is 8.31. The lowest BCUT2D eigenvalue weighted by Gasteiger charge is -2.14. The summed E-state index contributed by atoms with van der Waals surface area (Å²) in [6, 6.07) is 0. The highest BCUT2D eigenvalue weighted by Gasteiger charge is 2.19. The van der Waals surface area contributed by atoms with Crippen molar-refractivity contribution >= 4 is 0 Å². The molecule has 0 fully saturated rings. The van der Waals surface area contributed by atoms with E-state index in [9.17, 15) is 0 Å². The molecule has 1 N–H and O–H groups in total. The minimum absolute atomic E-state index is 0.156. The van der Waals surface area contributed by atoms with Crippen LogP contribution < -0.4 is 0 Å². The molecule has 5 heteroatoms. The van der Waals surface area contributed by atoms with Crippen LogP contribution in [0.4, 0.5) is 0 Å². The molecule has 13 heavy (non-hydrogen) atoms. The number of hydrogen-bond acceptors (Lipinski definition) is 5. The monoisotopic (exact) mass is 182 g/mol. The third-order valence-electron chi connectivity index (χ3n) is 1.54. The molecule has 1 heterocycles. The predicted octanol–water partition coefficient (Wildman–Crippen LogP) is 0.617. The van der Waals surface area contributed by atoms with Crippen LogP contribution in [0.3, 0.4) is 0 Å². The van der Waals surface area contributed by atoms with Crippen LogP contribution in [0.1, 0.15) is 45.4 Å². The third-order valence-corrected chi connectivity index (χ3v) is 1.54. The van der Waals surface area contributed by atoms with Gasteiger partial charge < -0.3 is 5.11 Å². The first-order valence-corrected chi connectivity index (χ1v) is 4.17. The minimum atomic E-state index is -0.714. The van der Waals surface area contributed by atoms with Crippen molar-refractivity contribution in [1.29, 1.82) is 0 Å². The largest absolute Gasteiger partial charge is 0.385 e. The lowest BCUT2D eigenvalue weighted by molar-refractivity contribution is 0.184. The van der Waals surface area contributed by atoms with E-state index >= 15 is 0 Å². The summed E-state index contributed by atoms with van der Waals surface area (Å²) in [6.45, 7) is 7.52. The van der Waals surface area contributed by atoms with Gasteiger partial charge in [-0.3, -0.25) is 0 Å². The number of aliphatic hydroxyl groups is 1. The van der Waals surface area contributed by atoms with Gasteiger partial charge in [0.15, 0.2) is 5.82 Å². The van der Waals surface area contributed by atoms with Crippen LogP contribution in [0.25, 0.3) is 0 Å². The molecule has 1 rings (SSSR count). The number of nitrogens with zero attached hydrogens (tertiary/aromatic N) is 4. The Kier molecular flexibility index (Phi) is 2.56. The molecule has 0 saturated heterocycles. The first-order valence-electron chi connectivity index (χ1n) is 4.17. The highest BCUT2D eigenvalue weighted by molar-refractivity contribution is 4.97. The molecular formula is C8H14N4O. The first-order chi connectivity index (χ1) is 5.91. The van der Waals surface area contributed by atoms with Gasteiger partial charge in [-0.1, -0.05) is 20.8 Å². The van der Waals surface area contributed by atoms with Crippen molar-refractivity contribution < 1.29 is 5.11 Å². The predicted molar refractivity (Wildman–Crippen MR) is 47.0 cm³/mol. The van der Waals surface area contributed by atoms with Gasteiger partial charge in [0.25, 0.3) is 0 Å². The standard InChI is InChI=1S/C8H14N4O/c1-5(13)6-9-11-7(12-10-6)8(2,3)4/h5,13H,1-4H3. The van der Waals surface area contributed by atoms with E-state index in [1.807, 2.05) is 20.8 Å². The summed E-state index contributed by atoms with van der Waals surface area (Å²) in [7, 11) is 0. The molecule has 1 aromatic rings. The maximum atomic E-state index is 9.11. The lowest BCUT2D eigenvalue weighted by atomic mass is 9.96. The Morgan fingerprint density at radius 3 is 1.85 bits per heavy atom. The Bertz CT molecular complexity index is 275. The summed E-state index contributed by atoms with van der Waals surface area (Å²) in [5, 5.41) is 24.4. The molecule has 0 aliphatic heterocycles. The average Bonchev–Trinajstić information content (AvgIpc) is 2.03. The first kappa shape index (κ1) is 9.98. The fourth-order valence-electron chi connectivity index (χ4n) is 0.704. The van der Waals surface area contributed by atoms with Crippen molar-refractivity contribution in [3.63, 3.8) is 0 Å². The highest BCUT2D eigenvalue weighted by Crippen LogP contribution is 2.16. The summed E-state index contributed by atoms with van der Waals surface area (Å²) < 4.78 is 0. The number of rotatable bonds is 1. The molecule has 1 aromatic heterocycles. The molecule has 0 radical (unpaired) electrons. The zero-order chi connectivity index (χ0) is 10.1. The Labute approximate surface area is 77.2 Å². The molecule has 72 valence electrons. The fourth-order valence-corrected chi connectivity index (χ4v) is 0.704. The van der Waals surface area contributed by atoms with E-state index in [-0.39, 0.29) is 11.2 Å². The summed E-state index contributed by atoms with van der Waals surface area (Å²) in [4.78, 5) is 0. The zero-order valence-corrected chi connectivity index (χ0v) is 8.31. The maximum absolute atomic E-state index is 9.11. The summed E-state index contributed by atoms with van der Waals surface area (Å²) in [5.41, 5.74) is -0.156. The van der Waals surface area contributed by atoms with E-state index in [4.69, 9.17) is 5.11 Å². The highest BCUT2D eigenvalue weighted by atomic mass is 16.3. The van der Waals surface area contributed by atoms with Gasteiger partial charge in [0, 0.05) is 5.41 Å². The SMILES string of the molecule is CC(O)c1nnc(C(C)(C)C)nn1. The van der Waals surface area contributed by atoms with Crippen LogP contribution in [-0.4, -0.2) is 25.5 Å². The van der Waals surface area contributed by atoms with Crippen LogP contribution in [0.5, 0.6) is 0 Å². The van der Waals surface area contributed by atoms with Crippen molar-refractivity contribution in [2.45, 2.75) is 39.2 Å². The smallest absolute Gasteiger partial charge is 0.201 e. The van der Waals surface area contributed by atoms with Gasteiger partial charge in [-0.2, -0.15) is 0 Å². The molecule has 0 aliphatic rings. The minimum Gasteiger partial charge on any atom is -0.385 e. The topological polar surface area (TPSA) is 71.8 Å². The Hall–Kier alpha value is -1.10. The van der Waals surface area contributed by atoms with Crippen molar-refractivity contribution in [3.05, 3.63) is 11.6 Å². The molecule has 0 bridgehead atoms. The normalized spacial score (nSPS) is 14.2. The number of hydrogen-bond donors (Lipinski definition) is 1. The molecule has 5 nitrogen and oxygen atoms in total. The van der Waals surface area contributed by atoms with Gasteiger partial charge in [-0.15, -0.1) is 20.4 Å². The van der Waals surface area contributed by atoms with Crippen LogP contribution in [0, 0.1) is 0 Å². The fraction of sp³-hybridized carbons (Fsp3) is 0.750. The quantitative estimate of drug-likeness (QED) is 0.689. The van der Waals surface area contributed by atoms with Crippen LogP contribution >= 0.6 is 0 Å². The van der Waals surface area contributed by atoms with Crippen molar-refractivity contribution in [1.82, 2.24) is 20.4 Å². The summed E-state index contributed by atoms with van der Waals surface area (Å²) in [6.07, 6.45) is -0.714. The van der Waals surface area contributed by atoms with Gasteiger partial charge in [0.1, 0.15) is 6.10 Å².